The van der Waals surface area contributed by atoms with Gasteiger partial charge in [-0.2, -0.15) is 0 Å². The van der Waals surface area contributed by atoms with E-state index in [4.69, 9.17) is 4.74 Å². The van der Waals surface area contributed by atoms with Crippen LogP contribution < -0.4 is 5.32 Å². The van der Waals surface area contributed by atoms with Gasteiger partial charge in [0.05, 0.1) is 13.0 Å². The molecule has 1 aliphatic heterocycles. The van der Waals surface area contributed by atoms with Gasteiger partial charge in [0.25, 0.3) is 0 Å². The van der Waals surface area contributed by atoms with Gasteiger partial charge in [-0.15, -0.1) is 0 Å². The summed E-state index contributed by atoms with van der Waals surface area (Å²) in [4.78, 5) is 37.0. The summed E-state index contributed by atoms with van der Waals surface area (Å²) in [5.74, 6) is -0.323. The molecule has 0 aromatic heterocycles. The molecule has 0 saturated carbocycles. The summed E-state index contributed by atoms with van der Waals surface area (Å²) in [5, 5.41) is 2.93. The van der Waals surface area contributed by atoms with E-state index in [-0.39, 0.29) is 42.1 Å². The maximum atomic E-state index is 12.2. The quantitative estimate of drug-likeness (QED) is 0.780. The number of esters is 1. The third-order valence-corrected chi connectivity index (χ3v) is 3.65. The molecule has 22 heavy (non-hydrogen) atoms. The lowest BCUT2D eigenvalue weighted by molar-refractivity contribution is -0.144. The molecule has 6 nitrogen and oxygen atoms in total. The Kier molecular flexibility index (Phi) is 6.84. The molecular formula is C16H28N2O4. The van der Waals surface area contributed by atoms with Crippen LogP contribution in [-0.2, 0) is 19.1 Å². The van der Waals surface area contributed by atoms with Crippen LogP contribution in [-0.4, -0.2) is 48.4 Å². The fourth-order valence-electron chi connectivity index (χ4n) is 2.45. The second-order valence-corrected chi connectivity index (χ2v) is 6.69. The zero-order chi connectivity index (χ0) is 16.8. The molecule has 0 atom stereocenters. The predicted molar refractivity (Wildman–Crippen MR) is 83.1 cm³/mol. The molecule has 1 saturated heterocycles. The summed E-state index contributed by atoms with van der Waals surface area (Å²) in [6, 6.07) is 0.0821. The number of piperidine rings is 1. The molecular weight excluding hydrogens is 284 g/mol. The summed E-state index contributed by atoms with van der Waals surface area (Å²) in [6.07, 6.45) is 1.78. The first-order valence-corrected chi connectivity index (χ1v) is 7.98. The Labute approximate surface area is 132 Å². The second kappa shape index (κ2) is 8.15. The fraction of sp³-hybridized carbons (Fsp3) is 0.812. The highest BCUT2D eigenvalue weighted by molar-refractivity contribution is 5.82. The average molecular weight is 312 g/mol. The fourth-order valence-corrected chi connectivity index (χ4v) is 2.45. The van der Waals surface area contributed by atoms with Crippen molar-refractivity contribution in [1.29, 1.82) is 0 Å². The van der Waals surface area contributed by atoms with Crippen LogP contribution in [0, 0.1) is 5.41 Å². The summed E-state index contributed by atoms with van der Waals surface area (Å²) in [7, 11) is 0. The van der Waals surface area contributed by atoms with Gasteiger partial charge in [-0.3, -0.25) is 14.4 Å². The number of nitrogens with zero attached hydrogens (tertiary/aromatic N) is 1. The maximum Gasteiger partial charge on any atom is 0.306 e. The molecule has 2 amide bonds. The Balaban J connectivity index is 2.29. The number of ether oxygens (including phenoxy) is 1. The SMILES string of the molecule is CCOC(=O)CCC(=O)NC1CCN(C(=O)C(C)(C)C)CC1. The zero-order valence-corrected chi connectivity index (χ0v) is 14.1. The normalized spacial score (nSPS) is 16.3. The zero-order valence-electron chi connectivity index (χ0n) is 14.1. The Morgan fingerprint density at radius 3 is 2.23 bits per heavy atom. The number of hydrogen-bond acceptors (Lipinski definition) is 4. The molecule has 0 radical (unpaired) electrons. The lowest BCUT2D eigenvalue weighted by atomic mass is 9.93. The predicted octanol–water partition coefficient (Wildman–Crippen LogP) is 1.48. The maximum absolute atomic E-state index is 12.2. The van der Waals surface area contributed by atoms with Crippen LogP contribution in [0.1, 0.15) is 53.4 Å². The first kappa shape index (κ1) is 18.5. The number of likely N-dealkylation sites (tertiary alicyclic amines) is 1. The van der Waals surface area contributed by atoms with Gasteiger partial charge in [0, 0.05) is 31.0 Å². The molecule has 0 aromatic carbocycles. The molecule has 0 aromatic rings. The standard InChI is InChI=1S/C16H28N2O4/c1-5-22-14(20)7-6-13(19)17-12-8-10-18(11-9-12)15(21)16(2,3)4/h12H,5-11H2,1-4H3,(H,17,19). The molecule has 0 spiro atoms. The lowest BCUT2D eigenvalue weighted by Crippen LogP contribution is -2.49. The Bertz CT molecular complexity index is 407. The van der Waals surface area contributed by atoms with Gasteiger partial charge in [0.15, 0.2) is 0 Å². The Morgan fingerprint density at radius 1 is 1.14 bits per heavy atom. The minimum atomic E-state index is -0.365. The summed E-state index contributed by atoms with van der Waals surface area (Å²) >= 11 is 0. The molecule has 6 heteroatoms. The van der Waals surface area contributed by atoms with Gasteiger partial charge in [0.1, 0.15) is 0 Å². The van der Waals surface area contributed by atoms with Gasteiger partial charge in [0.2, 0.25) is 11.8 Å². The van der Waals surface area contributed by atoms with Crippen LogP contribution in [0.15, 0.2) is 0 Å². The first-order chi connectivity index (χ1) is 10.2. The minimum absolute atomic E-state index is 0.0821. The topological polar surface area (TPSA) is 75.7 Å². The van der Waals surface area contributed by atoms with E-state index in [1.54, 1.807) is 6.92 Å². The highest BCUT2D eigenvalue weighted by atomic mass is 16.5. The van der Waals surface area contributed by atoms with Crippen molar-refractivity contribution in [1.82, 2.24) is 10.2 Å². The largest absolute Gasteiger partial charge is 0.466 e. The van der Waals surface area contributed by atoms with Gasteiger partial charge in [-0.25, -0.2) is 0 Å². The molecule has 1 rings (SSSR count). The van der Waals surface area contributed by atoms with Gasteiger partial charge < -0.3 is 15.0 Å². The van der Waals surface area contributed by atoms with Gasteiger partial charge >= 0.3 is 5.97 Å². The van der Waals surface area contributed by atoms with E-state index in [0.29, 0.717) is 19.7 Å². The summed E-state index contributed by atoms with van der Waals surface area (Å²) < 4.78 is 4.79. The van der Waals surface area contributed by atoms with Crippen molar-refractivity contribution in [2.45, 2.75) is 59.4 Å². The van der Waals surface area contributed by atoms with Gasteiger partial charge in [-0.1, -0.05) is 20.8 Å². The van der Waals surface area contributed by atoms with Crippen molar-refractivity contribution < 1.29 is 19.1 Å². The Morgan fingerprint density at radius 2 is 1.73 bits per heavy atom. The van der Waals surface area contributed by atoms with Crippen LogP contribution in [0.3, 0.4) is 0 Å². The molecule has 0 unspecified atom stereocenters. The van der Waals surface area contributed by atoms with Crippen LogP contribution in [0.4, 0.5) is 0 Å². The number of hydrogen-bond donors (Lipinski definition) is 1. The average Bonchev–Trinajstić information content (AvgIpc) is 2.44. The Hall–Kier alpha value is -1.59. The number of nitrogens with one attached hydrogen (secondary N) is 1. The van der Waals surface area contributed by atoms with E-state index in [2.05, 4.69) is 5.32 Å². The third-order valence-electron chi connectivity index (χ3n) is 3.65. The summed E-state index contributed by atoms with van der Waals surface area (Å²) in [6.45, 7) is 9.15. The van der Waals surface area contributed by atoms with Crippen molar-refractivity contribution in [3.05, 3.63) is 0 Å². The third kappa shape index (κ3) is 6.03. The molecule has 126 valence electrons. The number of carbonyl (C=O) groups excluding carboxylic acids is 3. The molecule has 1 N–H and O–H groups in total. The van der Waals surface area contributed by atoms with Crippen molar-refractivity contribution in [2.24, 2.45) is 5.41 Å². The van der Waals surface area contributed by atoms with Crippen molar-refractivity contribution in [3.8, 4) is 0 Å². The van der Waals surface area contributed by atoms with Crippen molar-refractivity contribution in [2.75, 3.05) is 19.7 Å². The number of carbonyl (C=O) groups is 3. The number of rotatable bonds is 5. The summed E-state index contributed by atoms with van der Waals surface area (Å²) in [5.41, 5.74) is -0.365. The molecule has 1 heterocycles. The molecule has 1 fully saturated rings. The highest BCUT2D eigenvalue weighted by Gasteiger charge is 2.30. The highest BCUT2D eigenvalue weighted by Crippen LogP contribution is 2.21. The van der Waals surface area contributed by atoms with Gasteiger partial charge in [-0.05, 0) is 19.8 Å². The van der Waals surface area contributed by atoms with Crippen molar-refractivity contribution >= 4 is 17.8 Å². The molecule has 0 aliphatic carbocycles. The monoisotopic (exact) mass is 312 g/mol. The van der Waals surface area contributed by atoms with Crippen LogP contribution >= 0.6 is 0 Å². The van der Waals surface area contributed by atoms with E-state index >= 15 is 0 Å². The van der Waals surface area contributed by atoms with E-state index in [9.17, 15) is 14.4 Å². The van der Waals surface area contributed by atoms with Crippen LogP contribution in [0.5, 0.6) is 0 Å². The number of amides is 2. The smallest absolute Gasteiger partial charge is 0.306 e. The minimum Gasteiger partial charge on any atom is -0.466 e. The lowest BCUT2D eigenvalue weighted by Gasteiger charge is -2.36. The second-order valence-electron chi connectivity index (χ2n) is 6.69. The van der Waals surface area contributed by atoms with Crippen molar-refractivity contribution in [3.63, 3.8) is 0 Å². The van der Waals surface area contributed by atoms with E-state index < -0.39 is 0 Å². The molecule has 1 aliphatic rings. The van der Waals surface area contributed by atoms with Crippen LogP contribution in [0.25, 0.3) is 0 Å². The van der Waals surface area contributed by atoms with E-state index in [1.165, 1.54) is 0 Å². The van der Waals surface area contributed by atoms with E-state index in [1.807, 2.05) is 25.7 Å². The molecule has 0 bridgehead atoms. The first-order valence-electron chi connectivity index (χ1n) is 7.98. The van der Waals surface area contributed by atoms with Crippen LogP contribution in [0.2, 0.25) is 0 Å². The van der Waals surface area contributed by atoms with E-state index in [0.717, 1.165) is 12.8 Å².